The molecule has 0 unspecified atom stereocenters. The first-order chi connectivity index (χ1) is 12.1. The number of nitrogens with one attached hydrogen (secondary N) is 1. The maximum Gasteiger partial charge on any atom is 0.254 e. The quantitative estimate of drug-likeness (QED) is 0.824. The van der Waals surface area contributed by atoms with Crippen LogP contribution in [0.5, 0.6) is 0 Å². The molecule has 1 saturated heterocycles. The summed E-state index contributed by atoms with van der Waals surface area (Å²) < 4.78 is 0. The lowest BCUT2D eigenvalue weighted by Crippen LogP contribution is -2.44. The minimum atomic E-state index is -0.00517. The molecule has 1 aromatic carbocycles. The summed E-state index contributed by atoms with van der Waals surface area (Å²) in [5, 5.41) is 4.42. The highest BCUT2D eigenvalue weighted by Gasteiger charge is 2.22. The molecule has 1 amide bonds. The minimum Gasteiger partial charge on any atom is -0.371 e. The van der Waals surface area contributed by atoms with Crippen LogP contribution >= 0.6 is 11.8 Å². The Morgan fingerprint density at radius 2 is 1.88 bits per heavy atom. The highest BCUT2D eigenvalue weighted by Crippen LogP contribution is 2.25. The number of hydrogen-bond acceptors (Lipinski definition) is 4. The summed E-state index contributed by atoms with van der Waals surface area (Å²) in [6, 6.07) is 14.4. The lowest BCUT2D eigenvalue weighted by molar-refractivity contribution is 0.0927. The smallest absolute Gasteiger partial charge is 0.254 e. The van der Waals surface area contributed by atoms with E-state index in [1.807, 2.05) is 18.2 Å². The van der Waals surface area contributed by atoms with Crippen LogP contribution in [0.1, 0.15) is 37.0 Å². The van der Waals surface area contributed by atoms with Crippen LogP contribution in [0.15, 0.2) is 53.7 Å². The number of amides is 1. The number of anilines is 1. The summed E-state index contributed by atoms with van der Waals surface area (Å²) in [4.78, 5) is 19.4. The second-order valence-corrected chi connectivity index (χ2v) is 8.16. The van der Waals surface area contributed by atoms with Crippen molar-refractivity contribution in [3.63, 3.8) is 0 Å². The Balaban J connectivity index is 1.58. The third kappa shape index (κ3) is 4.75. The molecule has 25 heavy (non-hydrogen) atoms. The lowest BCUT2D eigenvalue weighted by Gasteiger charge is -2.34. The molecule has 3 rings (SSSR count). The zero-order chi connectivity index (χ0) is 17.6. The monoisotopic (exact) mass is 355 g/mol. The van der Waals surface area contributed by atoms with Crippen molar-refractivity contribution in [3.8, 4) is 0 Å². The minimum absolute atomic E-state index is 0.00517. The Kier molecular flexibility index (Phi) is 5.97. The molecule has 0 atom stereocenters. The van der Waals surface area contributed by atoms with E-state index in [0.717, 1.165) is 31.0 Å². The molecule has 132 valence electrons. The van der Waals surface area contributed by atoms with Gasteiger partial charge in [0, 0.05) is 36.3 Å². The largest absolute Gasteiger partial charge is 0.371 e. The fourth-order valence-corrected chi connectivity index (χ4v) is 3.92. The van der Waals surface area contributed by atoms with Crippen LogP contribution in [0.2, 0.25) is 0 Å². The molecule has 4 nitrogen and oxygen atoms in total. The number of thioether (sulfide) groups is 1. The van der Waals surface area contributed by atoms with Gasteiger partial charge in [0.1, 0.15) is 5.03 Å². The fourth-order valence-electron chi connectivity index (χ4n) is 3.06. The topological polar surface area (TPSA) is 45.2 Å². The molecule has 5 heteroatoms. The van der Waals surface area contributed by atoms with Gasteiger partial charge in [0.25, 0.3) is 5.91 Å². The Morgan fingerprint density at radius 1 is 1.16 bits per heavy atom. The van der Waals surface area contributed by atoms with Gasteiger partial charge in [-0.2, -0.15) is 0 Å². The Bertz CT molecular complexity index is 697. The van der Waals surface area contributed by atoms with Crippen molar-refractivity contribution < 1.29 is 4.79 Å². The highest BCUT2D eigenvalue weighted by molar-refractivity contribution is 7.99. The number of aromatic nitrogens is 1. The van der Waals surface area contributed by atoms with Crippen LogP contribution in [-0.2, 0) is 0 Å². The Labute approximate surface area is 154 Å². The zero-order valence-electron chi connectivity index (χ0n) is 14.8. The number of rotatable bonds is 5. The van der Waals surface area contributed by atoms with Crippen LogP contribution in [-0.4, -0.2) is 35.3 Å². The van der Waals surface area contributed by atoms with E-state index in [4.69, 9.17) is 0 Å². The van der Waals surface area contributed by atoms with Crippen LogP contribution in [0.25, 0.3) is 0 Å². The molecular formula is C20H25N3OS. The van der Waals surface area contributed by atoms with Crippen molar-refractivity contribution in [1.29, 1.82) is 0 Å². The molecule has 0 spiro atoms. The molecule has 0 saturated carbocycles. The molecule has 1 aliphatic heterocycles. The van der Waals surface area contributed by atoms with Crippen molar-refractivity contribution in [3.05, 3.63) is 54.2 Å². The molecular weight excluding hydrogens is 330 g/mol. The van der Waals surface area contributed by atoms with Crippen LogP contribution in [0, 0.1) is 0 Å². The van der Waals surface area contributed by atoms with Gasteiger partial charge < -0.3 is 10.2 Å². The van der Waals surface area contributed by atoms with Crippen LogP contribution in [0.4, 0.5) is 5.69 Å². The second-order valence-electron chi connectivity index (χ2n) is 6.59. The second kappa shape index (κ2) is 8.39. The molecule has 2 aromatic rings. The summed E-state index contributed by atoms with van der Waals surface area (Å²) >= 11 is 1.63. The van der Waals surface area contributed by atoms with Gasteiger partial charge in [-0.05, 0) is 37.1 Å². The summed E-state index contributed by atoms with van der Waals surface area (Å²) in [6.07, 6.45) is 3.68. The summed E-state index contributed by atoms with van der Waals surface area (Å²) in [5.74, 6) is -0.00517. The van der Waals surface area contributed by atoms with Gasteiger partial charge in [-0.15, -0.1) is 11.8 Å². The van der Waals surface area contributed by atoms with Crippen molar-refractivity contribution >= 4 is 23.4 Å². The summed E-state index contributed by atoms with van der Waals surface area (Å²) in [6.45, 7) is 6.16. The third-order valence-electron chi connectivity index (χ3n) is 4.31. The molecule has 1 aliphatic rings. The van der Waals surface area contributed by atoms with E-state index in [0.29, 0.717) is 10.8 Å². The molecule has 1 fully saturated rings. The standard InChI is InChI=1S/C20H25N3OS/c1-15(2)25-20-18(9-6-12-21-20)19(24)22-16-10-13-23(14-11-16)17-7-4-3-5-8-17/h3-9,12,15-16H,10-11,13-14H2,1-2H3,(H,22,24). The predicted octanol–water partition coefficient (Wildman–Crippen LogP) is 3.98. The van der Waals surface area contributed by atoms with Gasteiger partial charge >= 0.3 is 0 Å². The fraction of sp³-hybridized carbons (Fsp3) is 0.400. The molecule has 0 bridgehead atoms. The number of hydrogen-bond donors (Lipinski definition) is 1. The number of carbonyl (C=O) groups excluding carboxylic acids is 1. The van der Waals surface area contributed by atoms with E-state index in [9.17, 15) is 4.79 Å². The number of nitrogens with zero attached hydrogens (tertiary/aromatic N) is 2. The molecule has 1 aromatic heterocycles. The maximum atomic E-state index is 12.7. The number of pyridine rings is 1. The van der Waals surface area contributed by atoms with E-state index in [2.05, 4.69) is 53.3 Å². The van der Waals surface area contributed by atoms with E-state index in [1.54, 1.807) is 18.0 Å². The van der Waals surface area contributed by atoms with Crippen molar-refractivity contribution in [2.45, 2.75) is 43.0 Å². The summed E-state index contributed by atoms with van der Waals surface area (Å²) in [5.41, 5.74) is 1.95. The highest BCUT2D eigenvalue weighted by atomic mass is 32.2. The first kappa shape index (κ1) is 17.8. The maximum absolute atomic E-state index is 12.7. The average molecular weight is 356 g/mol. The number of carbonyl (C=O) groups is 1. The first-order valence-corrected chi connectivity index (χ1v) is 9.74. The SMILES string of the molecule is CC(C)Sc1ncccc1C(=O)NC1CCN(c2ccccc2)CC1. The molecule has 0 aliphatic carbocycles. The van der Waals surface area contributed by atoms with Gasteiger partial charge in [-0.1, -0.05) is 32.0 Å². The van der Waals surface area contributed by atoms with Gasteiger partial charge in [0.05, 0.1) is 5.56 Å². The van der Waals surface area contributed by atoms with Crippen molar-refractivity contribution in [1.82, 2.24) is 10.3 Å². The van der Waals surface area contributed by atoms with Crippen LogP contribution in [0.3, 0.4) is 0 Å². The van der Waals surface area contributed by atoms with E-state index < -0.39 is 0 Å². The number of para-hydroxylation sites is 1. The van der Waals surface area contributed by atoms with Gasteiger partial charge in [0.2, 0.25) is 0 Å². The van der Waals surface area contributed by atoms with Gasteiger partial charge in [-0.25, -0.2) is 4.98 Å². The van der Waals surface area contributed by atoms with Gasteiger partial charge in [0.15, 0.2) is 0 Å². The summed E-state index contributed by atoms with van der Waals surface area (Å²) in [7, 11) is 0. The van der Waals surface area contributed by atoms with Crippen molar-refractivity contribution in [2.24, 2.45) is 0 Å². The zero-order valence-corrected chi connectivity index (χ0v) is 15.6. The Hall–Kier alpha value is -2.01. The third-order valence-corrected chi connectivity index (χ3v) is 5.33. The number of benzene rings is 1. The van der Waals surface area contributed by atoms with E-state index in [-0.39, 0.29) is 11.9 Å². The van der Waals surface area contributed by atoms with Crippen molar-refractivity contribution in [2.75, 3.05) is 18.0 Å². The predicted molar refractivity (Wildman–Crippen MR) is 104 cm³/mol. The first-order valence-electron chi connectivity index (χ1n) is 8.86. The van der Waals surface area contributed by atoms with Gasteiger partial charge in [-0.3, -0.25) is 4.79 Å². The van der Waals surface area contributed by atoms with Crippen LogP contribution < -0.4 is 10.2 Å². The normalized spacial score (nSPS) is 15.4. The molecule has 1 N–H and O–H groups in total. The average Bonchev–Trinajstić information content (AvgIpc) is 2.63. The number of piperidine rings is 1. The van der Waals surface area contributed by atoms with E-state index >= 15 is 0 Å². The molecule has 0 radical (unpaired) electrons. The Morgan fingerprint density at radius 3 is 2.56 bits per heavy atom. The van der Waals surface area contributed by atoms with E-state index in [1.165, 1.54) is 5.69 Å². The molecule has 2 heterocycles. The lowest BCUT2D eigenvalue weighted by atomic mass is 10.0.